The topological polar surface area (TPSA) is 115 Å². The van der Waals surface area contributed by atoms with Crippen molar-refractivity contribution in [2.24, 2.45) is 5.73 Å². The van der Waals surface area contributed by atoms with E-state index in [4.69, 9.17) is 5.73 Å². The Kier molecular flexibility index (Phi) is 5.54. The summed E-state index contributed by atoms with van der Waals surface area (Å²) in [5.74, 6) is -1.02. The van der Waals surface area contributed by atoms with E-state index in [0.717, 1.165) is 23.4 Å². The van der Waals surface area contributed by atoms with Crippen molar-refractivity contribution in [2.75, 3.05) is 11.1 Å². The second kappa shape index (κ2) is 7.60. The molecule has 0 atom stereocenters. The molecule has 124 valence electrons. The van der Waals surface area contributed by atoms with Crippen molar-refractivity contribution in [3.63, 3.8) is 0 Å². The van der Waals surface area contributed by atoms with Crippen LogP contribution in [-0.4, -0.2) is 22.5 Å². The molecule has 0 aliphatic carbocycles. The number of nitrogens with two attached hydrogens (primary N) is 1. The van der Waals surface area contributed by atoms with Gasteiger partial charge in [0.05, 0.1) is 15.6 Å². The van der Waals surface area contributed by atoms with E-state index in [1.807, 2.05) is 25.1 Å². The first-order valence-electron chi connectivity index (χ1n) is 6.94. The number of hydrogen-bond acceptors (Lipinski definition) is 5. The number of thioether (sulfide) groups is 1. The molecule has 0 aliphatic heterocycles. The van der Waals surface area contributed by atoms with Crippen LogP contribution in [0.2, 0.25) is 0 Å². The van der Waals surface area contributed by atoms with Crippen molar-refractivity contribution in [1.29, 1.82) is 0 Å². The average molecular weight is 345 g/mol. The van der Waals surface area contributed by atoms with Gasteiger partial charge in [-0.15, -0.1) is 11.8 Å². The van der Waals surface area contributed by atoms with Crippen LogP contribution in [-0.2, 0) is 4.79 Å². The summed E-state index contributed by atoms with van der Waals surface area (Å²) in [5.41, 5.74) is 6.60. The van der Waals surface area contributed by atoms with Gasteiger partial charge in [-0.05, 0) is 36.8 Å². The molecule has 7 nitrogen and oxygen atoms in total. The van der Waals surface area contributed by atoms with Crippen LogP contribution in [0.5, 0.6) is 0 Å². The molecule has 0 fully saturated rings. The molecule has 0 bridgehead atoms. The highest BCUT2D eigenvalue weighted by Crippen LogP contribution is 2.30. The van der Waals surface area contributed by atoms with Crippen LogP contribution in [0.3, 0.4) is 0 Å². The largest absolute Gasteiger partial charge is 0.366 e. The van der Waals surface area contributed by atoms with Crippen molar-refractivity contribution < 1.29 is 14.5 Å². The summed E-state index contributed by atoms with van der Waals surface area (Å²) in [4.78, 5) is 33.9. The molecule has 0 aliphatic rings. The van der Waals surface area contributed by atoms with Crippen molar-refractivity contribution >= 4 is 35.0 Å². The molecule has 2 rings (SSSR count). The van der Waals surface area contributed by atoms with E-state index in [0.29, 0.717) is 10.6 Å². The van der Waals surface area contributed by atoms with Crippen LogP contribution in [0.15, 0.2) is 47.4 Å². The molecule has 2 aromatic carbocycles. The maximum atomic E-state index is 12.0. The first-order valence-corrected chi connectivity index (χ1v) is 7.93. The Hall–Kier alpha value is -2.87. The van der Waals surface area contributed by atoms with Gasteiger partial charge in [0.15, 0.2) is 0 Å². The van der Waals surface area contributed by atoms with Crippen LogP contribution in [0.4, 0.5) is 11.4 Å². The zero-order chi connectivity index (χ0) is 17.7. The number of aryl methyl sites for hydroxylation is 1. The minimum Gasteiger partial charge on any atom is -0.366 e. The predicted octanol–water partition coefficient (Wildman–Crippen LogP) is 2.73. The van der Waals surface area contributed by atoms with Crippen LogP contribution < -0.4 is 11.1 Å². The average Bonchev–Trinajstić information content (AvgIpc) is 2.52. The van der Waals surface area contributed by atoms with E-state index in [9.17, 15) is 19.7 Å². The summed E-state index contributed by atoms with van der Waals surface area (Å²) < 4.78 is 0. The molecular formula is C16H15N3O4S. The molecule has 2 aromatic rings. The third kappa shape index (κ3) is 4.56. The molecule has 2 amide bonds. The van der Waals surface area contributed by atoms with Gasteiger partial charge in [-0.3, -0.25) is 19.7 Å². The number of carbonyl (C=O) groups excluding carboxylic acids is 2. The first-order chi connectivity index (χ1) is 11.4. The number of primary amides is 1. The van der Waals surface area contributed by atoms with Gasteiger partial charge >= 0.3 is 0 Å². The Labute approximate surface area is 142 Å². The molecule has 0 saturated heterocycles. The molecule has 8 heteroatoms. The first kappa shape index (κ1) is 17.5. The lowest BCUT2D eigenvalue weighted by Gasteiger charge is -2.07. The summed E-state index contributed by atoms with van der Waals surface area (Å²) in [6, 6.07) is 11.3. The quantitative estimate of drug-likeness (QED) is 0.474. The standard InChI is InChI=1S/C16H15N3O4S/c1-10-3-2-4-12(7-10)18-15(20)9-24-14-6-5-11(16(17)21)8-13(14)19(22)23/h2-8H,9H2,1H3,(H2,17,21)(H,18,20). The Morgan fingerprint density at radius 1 is 1.25 bits per heavy atom. The van der Waals surface area contributed by atoms with Gasteiger partial charge in [-0.2, -0.15) is 0 Å². The highest BCUT2D eigenvalue weighted by Gasteiger charge is 2.18. The molecule has 0 saturated carbocycles. The second-order valence-corrected chi connectivity index (χ2v) is 6.03. The lowest BCUT2D eigenvalue weighted by atomic mass is 10.2. The second-order valence-electron chi connectivity index (χ2n) is 5.01. The number of amides is 2. The normalized spacial score (nSPS) is 10.2. The highest BCUT2D eigenvalue weighted by molar-refractivity contribution is 8.00. The molecule has 0 aromatic heterocycles. The molecule has 0 heterocycles. The fourth-order valence-corrected chi connectivity index (χ4v) is 2.80. The van der Waals surface area contributed by atoms with Gasteiger partial charge in [-0.1, -0.05) is 12.1 Å². The van der Waals surface area contributed by atoms with Crippen LogP contribution in [0.1, 0.15) is 15.9 Å². The number of carbonyl (C=O) groups is 2. The Balaban J connectivity index is 2.07. The number of nitro groups is 1. The maximum absolute atomic E-state index is 12.0. The minimum atomic E-state index is -0.744. The molecule has 24 heavy (non-hydrogen) atoms. The molecule has 0 unspecified atom stereocenters. The van der Waals surface area contributed by atoms with Crippen molar-refractivity contribution in [3.8, 4) is 0 Å². The Morgan fingerprint density at radius 3 is 2.62 bits per heavy atom. The van der Waals surface area contributed by atoms with Gasteiger partial charge in [0, 0.05) is 17.3 Å². The van der Waals surface area contributed by atoms with Gasteiger partial charge in [-0.25, -0.2) is 0 Å². The third-order valence-electron chi connectivity index (χ3n) is 3.10. The number of benzene rings is 2. The summed E-state index contributed by atoms with van der Waals surface area (Å²) in [6.07, 6.45) is 0. The number of hydrogen-bond donors (Lipinski definition) is 2. The molecule has 0 radical (unpaired) electrons. The zero-order valence-corrected chi connectivity index (χ0v) is 13.6. The number of rotatable bonds is 6. The number of nitrogens with one attached hydrogen (secondary N) is 1. The smallest absolute Gasteiger partial charge is 0.283 e. The molecular weight excluding hydrogens is 330 g/mol. The number of nitro benzene ring substituents is 1. The van der Waals surface area contributed by atoms with Gasteiger partial charge < -0.3 is 11.1 Å². The predicted molar refractivity (Wildman–Crippen MR) is 92.1 cm³/mol. The Bertz CT molecular complexity index is 808. The van der Waals surface area contributed by atoms with Crippen molar-refractivity contribution in [2.45, 2.75) is 11.8 Å². The van der Waals surface area contributed by atoms with Crippen LogP contribution in [0.25, 0.3) is 0 Å². The summed E-state index contributed by atoms with van der Waals surface area (Å²) in [5, 5.41) is 13.8. The van der Waals surface area contributed by atoms with Gasteiger partial charge in [0.25, 0.3) is 5.69 Å². The van der Waals surface area contributed by atoms with E-state index in [-0.39, 0.29) is 22.9 Å². The Morgan fingerprint density at radius 2 is 2.00 bits per heavy atom. The molecule has 0 spiro atoms. The summed E-state index contributed by atoms with van der Waals surface area (Å²) in [6.45, 7) is 1.91. The number of anilines is 1. The fourth-order valence-electron chi connectivity index (χ4n) is 2.00. The lowest BCUT2D eigenvalue weighted by molar-refractivity contribution is -0.387. The lowest BCUT2D eigenvalue weighted by Crippen LogP contribution is -2.14. The highest BCUT2D eigenvalue weighted by atomic mass is 32.2. The maximum Gasteiger partial charge on any atom is 0.283 e. The monoisotopic (exact) mass is 345 g/mol. The van der Waals surface area contributed by atoms with E-state index < -0.39 is 10.8 Å². The van der Waals surface area contributed by atoms with E-state index in [1.54, 1.807) is 6.07 Å². The zero-order valence-electron chi connectivity index (χ0n) is 12.8. The van der Waals surface area contributed by atoms with E-state index in [1.165, 1.54) is 12.1 Å². The van der Waals surface area contributed by atoms with Crippen LogP contribution in [0, 0.1) is 17.0 Å². The summed E-state index contributed by atoms with van der Waals surface area (Å²) in [7, 11) is 0. The van der Waals surface area contributed by atoms with E-state index >= 15 is 0 Å². The SMILES string of the molecule is Cc1cccc(NC(=O)CSc2ccc(C(N)=O)cc2[N+](=O)[O-])c1. The molecule has 3 N–H and O–H groups in total. The van der Waals surface area contributed by atoms with E-state index in [2.05, 4.69) is 5.32 Å². The summed E-state index contributed by atoms with van der Waals surface area (Å²) >= 11 is 1.02. The third-order valence-corrected chi connectivity index (χ3v) is 4.16. The fraction of sp³-hybridized carbons (Fsp3) is 0.125. The van der Waals surface area contributed by atoms with Crippen molar-refractivity contribution in [1.82, 2.24) is 0 Å². The minimum absolute atomic E-state index is 0.00466. The number of nitrogens with zero attached hydrogens (tertiary/aromatic N) is 1. The van der Waals surface area contributed by atoms with Crippen molar-refractivity contribution in [3.05, 3.63) is 63.7 Å². The van der Waals surface area contributed by atoms with Gasteiger partial charge in [0.2, 0.25) is 11.8 Å². The van der Waals surface area contributed by atoms with Gasteiger partial charge in [0.1, 0.15) is 0 Å². The van der Waals surface area contributed by atoms with Crippen LogP contribution >= 0.6 is 11.8 Å².